The van der Waals surface area contributed by atoms with Gasteiger partial charge in [-0.05, 0) is 12.1 Å². The summed E-state index contributed by atoms with van der Waals surface area (Å²) >= 11 is 0. The maximum atomic E-state index is 8.40. The predicted molar refractivity (Wildman–Crippen MR) is 61.6 cm³/mol. The van der Waals surface area contributed by atoms with Crippen LogP contribution in [0.2, 0.25) is 0 Å². The molecular formula is C12H10N4. The molecule has 1 heterocycles. The van der Waals surface area contributed by atoms with Crippen LogP contribution in [0, 0.1) is 11.3 Å². The van der Waals surface area contributed by atoms with Crippen LogP contribution < -0.4 is 5.32 Å². The lowest BCUT2D eigenvalue weighted by molar-refractivity contribution is 1.03. The van der Waals surface area contributed by atoms with Crippen LogP contribution in [0.3, 0.4) is 0 Å². The molecule has 0 saturated heterocycles. The van der Waals surface area contributed by atoms with E-state index in [0.29, 0.717) is 5.82 Å². The van der Waals surface area contributed by atoms with E-state index >= 15 is 0 Å². The lowest BCUT2D eigenvalue weighted by Gasteiger charge is -2.01. The largest absolute Gasteiger partial charge is 0.356 e. The van der Waals surface area contributed by atoms with Gasteiger partial charge in [0.15, 0.2) is 0 Å². The van der Waals surface area contributed by atoms with Crippen LogP contribution in [0.5, 0.6) is 0 Å². The maximum Gasteiger partial charge on any atom is 0.149 e. The van der Waals surface area contributed by atoms with Crippen molar-refractivity contribution >= 4 is 5.82 Å². The van der Waals surface area contributed by atoms with Crippen molar-refractivity contribution in [2.45, 2.75) is 0 Å². The van der Waals surface area contributed by atoms with Gasteiger partial charge in [0.1, 0.15) is 12.4 Å². The van der Waals surface area contributed by atoms with E-state index in [4.69, 9.17) is 5.26 Å². The van der Waals surface area contributed by atoms with Crippen molar-refractivity contribution in [2.24, 2.45) is 0 Å². The topological polar surface area (TPSA) is 61.6 Å². The van der Waals surface area contributed by atoms with E-state index in [0.717, 1.165) is 11.3 Å². The van der Waals surface area contributed by atoms with E-state index in [1.807, 2.05) is 48.5 Å². The Hall–Kier alpha value is -2.41. The number of rotatable bonds is 3. The molecule has 0 aliphatic heterocycles. The number of hydrogen-bond donors (Lipinski definition) is 1. The standard InChI is InChI=1S/C12H10N4/c13-8-9-14-12-7-6-11(15-16-12)10-4-2-1-3-5-10/h1-7H,9H2,(H,14,16). The SMILES string of the molecule is N#CCNc1ccc(-c2ccccc2)nn1. The Morgan fingerprint density at radius 2 is 1.88 bits per heavy atom. The highest BCUT2D eigenvalue weighted by atomic mass is 15.2. The summed E-state index contributed by atoms with van der Waals surface area (Å²) < 4.78 is 0. The van der Waals surface area contributed by atoms with Crippen molar-refractivity contribution in [3.63, 3.8) is 0 Å². The van der Waals surface area contributed by atoms with Gasteiger partial charge in [0, 0.05) is 5.56 Å². The van der Waals surface area contributed by atoms with Gasteiger partial charge in [-0.25, -0.2) is 0 Å². The fraction of sp³-hybridized carbons (Fsp3) is 0.0833. The third-order valence-corrected chi connectivity index (χ3v) is 2.08. The van der Waals surface area contributed by atoms with E-state index in [2.05, 4.69) is 15.5 Å². The van der Waals surface area contributed by atoms with Gasteiger partial charge in [0.05, 0.1) is 11.8 Å². The number of anilines is 1. The second kappa shape index (κ2) is 4.89. The van der Waals surface area contributed by atoms with Gasteiger partial charge in [-0.2, -0.15) is 5.26 Å². The van der Waals surface area contributed by atoms with E-state index < -0.39 is 0 Å². The third-order valence-electron chi connectivity index (χ3n) is 2.08. The molecule has 2 aromatic rings. The summed E-state index contributed by atoms with van der Waals surface area (Å²) in [5.74, 6) is 0.612. The average molecular weight is 210 g/mol. The lowest BCUT2D eigenvalue weighted by Crippen LogP contribution is -2.01. The normalized spacial score (nSPS) is 9.44. The van der Waals surface area contributed by atoms with Crippen LogP contribution in [0.4, 0.5) is 5.82 Å². The number of nitrogens with zero attached hydrogens (tertiary/aromatic N) is 3. The fourth-order valence-corrected chi connectivity index (χ4v) is 1.32. The number of benzene rings is 1. The van der Waals surface area contributed by atoms with Crippen LogP contribution in [-0.4, -0.2) is 16.7 Å². The Morgan fingerprint density at radius 1 is 1.06 bits per heavy atom. The minimum absolute atomic E-state index is 0.235. The van der Waals surface area contributed by atoms with Gasteiger partial charge < -0.3 is 5.32 Å². The molecule has 0 unspecified atom stereocenters. The zero-order valence-electron chi connectivity index (χ0n) is 8.59. The molecule has 4 nitrogen and oxygen atoms in total. The summed E-state index contributed by atoms with van der Waals surface area (Å²) in [6.07, 6.45) is 0. The number of aromatic nitrogens is 2. The monoisotopic (exact) mass is 210 g/mol. The Bertz CT molecular complexity index is 485. The number of nitriles is 1. The quantitative estimate of drug-likeness (QED) is 0.788. The Labute approximate surface area is 93.6 Å². The van der Waals surface area contributed by atoms with Gasteiger partial charge >= 0.3 is 0 Å². The average Bonchev–Trinajstić information content (AvgIpc) is 2.38. The molecule has 0 aliphatic rings. The van der Waals surface area contributed by atoms with E-state index in [-0.39, 0.29) is 6.54 Å². The van der Waals surface area contributed by atoms with Crippen molar-refractivity contribution in [1.29, 1.82) is 5.26 Å². The molecule has 0 atom stereocenters. The fourth-order valence-electron chi connectivity index (χ4n) is 1.32. The van der Waals surface area contributed by atoms with Crippen LogP contribution in [0.15, 0.2) is 42.5 Å². The molecule has 0 aliphatic carbocycles. The highest BCUT2D eigenvalue weighted by molar-refractivity contribution is 5.59. The first-order valence-corrected chi connectivity index (χ1v) is 4.90. The summed E-state index contributed by atoms with van der Waals surface area (Å²) in [4.78, 5) is 0. The third kappa shape index (κ3) is 2.34. The van der Waals surface area contributed by atoms with Crippen LogP contribution in [0.25, 0.3) is 11.3 Å². The Balaban J connectivity index is 2.17. The Kier molecular flexibility index (Phi) is 3.10. The summed E-state index contributed by atoms with van der Waals surface area (Å²) in [7, 11) is 0. The maximum absolute atomic E-state index is 8.40. The molecular weight excluding hydrogens is 200 g/mol. The van der Waals surface area contributed by atoms with Crippen LogP contribution >= 0.6 is 0 Å². The zero-order valence-corrected chi connectivity index (χ0v) is 8.59. The first-order valence-electron chi connectivity index (χ1n) is 4.90. The minimum Gasteiger partial charge on any atom is -0.356 e. The summed E-state index contributed by atoms with van der Waals surface area (Å²) in [6, 6.07) is 15.5. The first kappa shape index (κ1) is 10.1. The van der Waals surface area contributed by atoms with Gasteiger partial charge in [0.2, 0.25) is 0 Å². The van der Waals surface area contributed by atoms with Crippen LogP contribution in [0.1, 0.15) is 0 Å². The second-order valence-corrected chi connectivity index (χ2v) is 3.18. The molecule has 0 spiro atoms. The number of hydrogen-bond acceptors (Lipinski definition) is 4. The molecule has 1 aromatic heterocycles. The first-order chi connectivity index (χ1) is 7.90. The lowest BCUT2D eigenvalue weighted by atomic mass is 10.1. The van der Waals surface area contributed by atoms with E-state index in [1.165, 1.54) is 0 Å². The van der Waals surface area contributed by atoms with Gasteiger partial charge in [-0.3, -0.25) is 0 Å². The molecule has 16 heavy (non-hydrogen) atoms. The highest BCUT2D eigenvalue weighted by Crippen LogP contribution is 2.15. The molecule has 0 bridgehead atoms. The molecule has 1 aromatic carbocycles. The molecule has 0 radical (unpaired) electrons. The summed E-state index contributed by atoms with van der Waals surface area (Å²) in [5, 5.41) is 19.3. The van der Waals surface area contributed by atoms with Crippen molar-refractivity contribution < 1.29 is 0 Å². The second-order valence-electron chi connectivity index (χ2n) is 3.18. The predicted octanol–water partition coefficient (Wildman–Crippen LogP) is 2.08. The molecule has 1 N–H and O–H groups in total. The van der Waals surface area contributed by atoms with Gasteiger partial charge in [-0.15, -0.1) is 10.2 Å². The minimum atomic E-state index is 0.235. The summed E-state index contributed by atoms with van der Waals surface area (Å²) in [6.45, 7) is 0.235. The van der Waals surface area contributed by atoms with E-state index in [1.54, 1.807) is 0 Å². The van der Waals surface area contributed by atoms with Crippen molar-refractivity contribution in [1.82, 2.24) is 10.2 Å². The number of nitrogens with one attached hydrogen (secondary N) is 1. The molecule has 4 heteroatoms. The zero-order chi connectivity index (χ0) is 11.2. The van der Waals surface area contributed by atoms with Gasteiger partial charge in [-0.1, -0.05) is 30.3 Å². The van der Waals surface area contributed by atoms with Crippen molar-refractivity contribution in [3.8, 4) is 17.3 Å². The van der Waals surface area contributed by atoms with Gasteiger partial charge in [0.25, 0.3) is 0 Å². The van der Waals surface area contributed by atoms with Crippen LogP contribution in [-0.2, 0) is 0 Å². The molecule has 0 fully saturated rings. The molecule has 78 valence electrons. The molecule has 0 saturated carbocycles. The van der Waals surface area contributed by atoms with Crippen molar-refractivity contribution in [2.75, 3.05) is 11.9 Å². The molecule has 2 rings (SSSR count). The Morgan fingerprint density at radius 3 is 2.50 bits per heavy atom. The van der Waals surface area contributed by atoms with E-state index in [9.17, 15) is 0 Å². The highest BCUT2D eigenvalue weighted by Gasteiger charge is 1.99. The summed E-state index contributed by atoms with van der Waals surface area (Å²) in [5.41, 5.74) is 1.85. The van der Waals surface area contributed by atoms with Crippen molar-refractivity contribution in [3.05, 3.63) is 42.5 Å². The molecule has 0 amide bonds. The smallest absolute Gasteiger partial charge is 0.149 e.